The lowest BCUT2D eigenvalue weighted by Gasteiger charge is -2.36. The van der Waals surface area contributed by atoms with Crippen molar-refractivity contribution in [1.82, 2.24) is 0 Å². The molecule has 1 atom stereocenters. The van der Waals surface area contributed by atoms with Gasteiger partial charge >= 0.3 is 5.97 Å². The maximum atomic E-state index is 10.9. The van der Waals surface area contributed by atoms with E-state index < -0.39 is 14.4 Å². The summed E-state index contributed by atoms with van der Waals surface area (Å²) in [4.78, 5) is 10.9. The number of ether oxygens (including phenoxy) is 1. The zero-order chi connectivity index (χ0) is 14.4. The molecular formula is C13H28O4Si. The van der Waals surface area contributed by atoms with Gasteiger partial charge in [-0.2, -0.15) is 0 Å². The molecule has 0 bridgehead atoms. The molecule has 0 fully saturated rings. The molecule has 0 aliphatic heterocycles. The highest BCUT2D eigenvalue weighted by molar-refractivity contribution is 6.74. The monoisotopic (exact) mass is 276 g/mol. The van der Waals surface area contributed by atoms with Crippen molar-refractivity contribution in [3.8, 4) is 0 Å². The van der Waals surface area contributed by atoms with Crippen LogP contribution in [0.25, 0.3) is 0 Å². The molecule has 0 aliphatic rings. The van der Waals surface area contributed by atoms with Crippen LogP contribution in [0.1, 0.15) is 40.0 Å². The third-order valence-electron chi connectivity index (χ3n) is 3.58. The third kappa shape index (κ3) is 6.52. The van der Waals surface area contributed by atoms with Crippen molar-refractivity contribution in [3.63, 3.8) is 0 Å². The first kappa shape index (κ1) is 17.6. The number of esters is 1. The van der Waals surface area contributed by atoms with E-state index in [1.165, 1.54) is 7.11 Å². The van der Waals surface area contributed by atoms with Crippen LogP contribution in [0.4, 0.5) is 0 Å². The molecule has 5 heteroatoms. The standard InChI is InChI=1S/C13H28O4Si/c1-13(2,3)18(5,6)17-9-7-8-11(14)10-12(15)16-4/h11,14H,7-10H2,1-6H3. The Kier molecular flexibility index (Phi) is 7.10. The van der Waals surface area contributed by atoms with Gasteiger partial charge in [0, 0.05) is 6.61 Å². The molecule has 0 saturated heterocycles. The molecule has 0 saturated carbocycles. The molecular weight excluding hydrogens is 248 g/mol. The number of methoxy groups -OCH3 is 1. The van der Waals surface area contributed by atoms with E-state index in [1.54, 1.807) is 0 Å². The second kappa shape index (κ2) is 7.26. The Balaban J connectivity index is 3.84. The molecule has 0 radical (unpaired) electrons. The van der Waals surface area contributed by atoms with Crippen molar-refractivity contribution in [2.75, 3.05) is 13.7 Å². The highest BCUT2D eigenvalue weighted by Crippen LogP contribution is 2.36. The quantitative estimate of drug-likeness (QED) is 0.441. The minimum atomic E-state index is -1.69. The molecule has 18 heavy (non-hydrogen) atoms. The Labute approximate surface area is 112 Å². The van der Waals surface area contributed by atoms with Gasteiger partial charge in [0.1, 0.15) is 0 Å². The first-order chi connectivity index (χ1) is 8.10. The molecule has 0 aromatic carbocycles. The van der Waals surface area contributed by atoms with Crippen LogP contribution in [0.3, 0.4) is 0 Å². The smallest absolute Gasteiger partial charge is 0.308 e. The van der Waals surface area contributed by atoms with Gasteiger partial charge in [0.2, 0.25) is 0 Å². The van der Waals surface area contributed by atoms with Gasteiger partial charge in [-0.1, -0.05) is 20.8 Å². The number of carbonyl (C=O) groups excluding carboxylic acids is 1. The normalized spacial score (nSPS) is 14.4. The molecule has 4 nitrogen and oxygen atoms in total. The predicted molar refractivity (Wildman–Crippen MR) is 75.0 cm³/mol. The number of rotatable bonds is 7. The minimum absolute atomic E-state index is 0.0661. The third-order valence-corrected chi connectivity index (χ3v) is 8.12. The Bertz CT molecular complexity index is 258. The van der Waals surface area contributed by atoms with Gasteiger partial charge in [-0.05, 0) is 31.0 Å². The lowest BCUT2D eigenvalue weighted by atomic mass is 10.1. The summed E-state index contributed by atoms with van der Waals surface area (Å²) in [5.74, 6) is -0.368. The summed E-state index contributed by atoms with van der Waals surface area (Å²) >= 11 is 0. The van der Waals surface area contributed by atoms with E-state index in [9.17, 15) is 9.90 Å². The van der Waals surface area contributed by atoms with E-state index in [0.29, 0.717) is 13.0 Å². The van der Waals surface area contributed by atoms with Crippen LogP contribution in [-0.4, -0.2) is 39.2 Å². The van der Waals surface area contributed by atoms with Gasteiger partial charge in [0.15, 0.2) is 8.32 Å². The first-order valence-corrected chi connectivity index (χ1v) is 9.40. The number of hydrogen-bond acceptors (Lipinski definition) is 4. The average molecular weight is 276 g/mol. The van der Waals surface area contributed by atoms with Crippen LogP contribution in [0, 0.1) is 0 Å². The van der Waals surface area contributed by atoms with Crippen molar-refractivity contribution < 1.29 is 19.1 Å². The zero-order valence-electron chi connectivity index (χ0n) is 12.6. The Hall–Kier alpha value is -0.393. The molecule has 0 spiro atoms. The van der Waals surface area contributed by atoms with Gasteiger partial charge in [0.25, 0.3) is 0 Å². The summed E-state index contributed by atoms with van der Waals surface area (Å²) in [5.41, 5.74) is 0. The fourth-order valence-electron chi connectivity index (χ4n) is 1.24. The SMILES string of the molecule is COC(=O)CC(O)CCCO[Si](C)(C)C(C)(C)C. The molecule has 0 rings (SSSR count). The second-order valence-corrected chi connectivity index (χ2v) is 11.0. The summed E-state index contributed by atoms with van der Waals surface area (Å²) in [6, 6.07) is 0. The summed E-state index contributed by atoms with van der Waals surface area (Å²) in [7, 11) is -0.360. The predicted octanol–water partition coefficient (Wildman–Crippen LogP) is 2.71. The summed E-state index contributed by atoms with van der Waals surface area (Å²) < 4.78 is 10.5. The van der Waals surface area contributed by atoms with Crippen molar-refractivity contribution in [1.29, 1.82) is 0 Å². The molecule has 0 aromatic rings. The maximum absolute atomic E-state index is 10.9. The Morgan fingerprint density at radius 2 is 1.89 bits per heavy atom. The highest BCUT2D eigenvalue weighted by Gasteiger charge is 2.36. The summed E-state index contributed by atoms with van der Waals surface area (Å²) in [5, 5.41) is 9.80. The fourth-order valence-corrected chi connectivity index (χ4v) is 2.33. The number of aliphatic hydroxyl groups is 1. The van der Waals surface area contributed by atoms with Gasteiger partial charge < -0.3 is 14.3 Å². The van der Waals surface area contributed by atoms with Crippen LogP contribution in [0.15, 0.2) is 0 Å². The lowest BCUT2D eigenvalue weighted by molar-refractivity contribution is -0.142. The van der Waals surface area contributed by atoms with E-state index in [4.69, 9.17) is 4.43 Å². The van der Waals surface area contributed by atoms with Crippen LogP contribution in [0.5, 0.6) is 0 Å². The first-order valence-electron chi connectivity index (χ1n) is 6.49. The van der Waals surface area contributed by atoms with Crippen molar-refractivity contribution >= 4 is 14.3 Å². The molecule has 108 valence electrons. The van der Waals surface area contributed by atoms with E-state index in [1.807, 2.05) is 0 Å². The minimum Gasteiger partial charge on any atom is -0.469 e. The Morgan fingerprint density at radius 1 is 1.33 bits per heavy atom. The largest absolute Gasteiger partial charge is 0.469 e. The van der Waals surface area contributed by atoms with Crippen LogP contribution >= 0.6 is 0 Å². The topological polar surface area (TPSA) is 55.8 Å². The number of aliphatic hydroxyl groups excluding tert-OH is 1. The fraction of sp³-hybridized carbons (Fsp3) is 0.923. The average Bonchev–Trinajstić information content (AvgIpc) is 2.22. The zero-order valence-corrected chi connectivity index (χ0v) is 13.6. The van der Waals surface area contributed by atoms with Crippen LogP contribution in [0.2, 0.25) is 18.1 Å². The molecule has 0 aromatic heterocycles. The molecule has 1 N–H and O–H groups in total. The van der Waals surface area contributed by atoms with E-state index >= 15 is 0 Å². The molecule has 0 amide bonds. The highest BCUT2D eigenvalue weighted by atomic mass is 28.4. The van der Waals surface area contributed by atoms with Crippen molar-refractivity contribution in [2.45, 2.75) is 64.3 Å². The van der Waals surface area contributed by atoms with Crippen LogP contribution < -0.4 is 0 Å². The van der Waals surface area contributed by atoms with Gasteiger partial charge in [-0.3, -0.25) is 4.79 Å². The summed E-state index contributed by atoms with van der Waals surface area (Å²) in [6.07, 6.45) is 0.783. The molecule has 1 unspecified atom stereocenters. The molecule has 0 heterocycles. The Morgan fingerprint density at radius 3 is 2.33 bits per heavy atom. The van der Waals surface area contributed by atoms with E-state index in [0.717, 1.165) is 6.42 Å². The van der Waals surface area contributed by atoms with Crippen molar-refractivity contribution in [2.24, 2.45) is 0 Å². The number of hydrogen-bond donors (Lipinski definition) is 1. The van der Waals surface area contributed by atoms with Gasteiger partial charge in [-0.25, -0.2) is 0 Å². The lowest BCUT2D eigenvalue weighted by Crippen LogP contribution is -2.41. The van der Waals surface area contributed by atoms with Gasteiger partial charge in [-0.15, -0.1) is 0 Å². The van der Waals surface area contributed by atoms with Crippen LogP contribution in [-0.2, 0) is 14.0 Å². The summed E-state index contributed by atoms with van der Waals surface area (Å²) in [6.45, 7) is 11.7. The van der Waals surface area contributed by atoms with Crippen molar-refractivity contribution in [3.05, 3.63) is 0 Å². The number of carbonyl (C=O) groups is 1. The molecule has 0 aliphatic carbocycles. The maximum Gasteiger partial charge on any atom is 0.308 e. The second-order valence-electron chi connectivity index (χ2n) is 6.19. The van der Waals surface area contributed by atoms with Gasteiger partial charge in [0.05, 0.1) is 19.6 Å². The van der Waals surface area contributed by atoms with E-state index in [-0.39, 0.29) is 17.4 Å². The van der Waals surface area contributed by atoms with E-state index in [2.05, 4.69) is 38.6 Å².